The molecule has 4 aromatic rings. The van der Waals surface area contributed by atoms with Crippen LogP contribution in [0.1, 0.15) is 46.8 Å². The molecular formula is C36H32Cl3F3N4O3. The molecular weight excluding hydrogens is 700 g/mol. The van der Waals surface area contributed by atoms with Crippen LogP contribution in [0.25, 0.3) is 0 Å². The van der Waals surface area contributed by atoms with Crippen molar-refractivity contribution in [1.82, 2.24) is 14.7 Å². The number of carbonyl (C=O) groups is 2. The number of nitrogens with zero attached hydrogens (tertiary/aromatic N) is 4. The van der Waals surface area contributed by atoms with Crippen LogP contribution >= 0.6 is 35.6 Å². The van der Waals surface area contributed by atoms with Gasteiger partial charge >= 0.3 is 12.2 Å². The fourth-order valence-corrected chi connectivity index (χ4v) is 6.26. The van der Waals surface area contributed by atoms with Gasteiger partial charge in [-0.05, 0) is 66.1 Å². The molecule has 7 nitrogen and oxygen atoms in total. The number of aliphatic imine (C=N–C) groups is 1. The highest BCUT2D eigenvalue weighted by molar-refractivity contribution is 6.30. The zero-order valence-corrected chi connectivity index (χ0v) is 28.6. The SMILES string of the molecule is CCOc1cc(C(F)(F)F)ccc1C1=NC(c2ccc(Cl)cc2)C(c2ccc(Cl)cc2)N1C(=O)N1CCN(Cc2ccccc2)C(=O)C1.Cl. The average Bonchev–Trinajstić information content (AvgIpc) is 3.46. The molecule has 0 bridgehead atoms. The second kappa shape index (κ2) is 15.1. The number of carbonyl (C=O) groups excluding carboxylic acids is 2. The van der Waals surface area contributed by atoms with Crippen LogP contribution in [0.3, 0.4) is 0 Å². The third-order valence-electron chi connectivity index (χ3n) is 8.35. The van der Waals surface area contributed by atoms with Gasteiger partial charge in [0.05, 0.1) is 23.8 Å². The third-order valence-corrected chi connectivity index (χ3v) is 8.86. The summed E-state index contributed by atoms with van der Waals surface area (Å²) in [6, 6.07) is 24.8. The van der Waals surface area contributed by atoms with Crippen LogP contribution in [0.2, 0.25) is 10.0 Å². The zero-order valence-electron chi connectivity index (χ0n) is 26.2. The molecule has 2 unspecified atom stereocenters. The van der Waals surface area contributed by atoms with E-state index < -0.39 is 29.9 Å². The summed E-state index contributed by atoms with van der Waals surface area (Å²) in [6.07, 6.45) is -4.62. The molecule has 0 spiro atoms. The Bertz CT molecular complexity index is 1820. The van der Waals surface area contributed by atoms with Crippen LogP contribution in [0.4, 0.5) is 18.0 Å². The number of rotatable bonds is 7. The lowest BCUT2D eigenvalue weighted by molar-refractivity contribution is -0.137. The van der Waals surface area contributed by atoms with Crippen molar-refractivity contribution in [1.29, 1.82) is 0 Å². The number of urea groups is 1. The van der Waals surface area contributed by atoms with Gasteiger partial charge in [0.2, 0.25) is 5.91 Å². The Morgan fingerprint density at radius 2 is 1.53 bits per heavy atom. The molecule has 3 amide bonds. The molecule has 0 radical (unpaired) electrons. The fourth-order valence-electron chi connectivity index (χ4n) is 6.01. The molecule has 1 saturated heterocycles. The lowest BCUT2D eigenvalue weighted by atomic mass is 9.93. The Labute approximate surface area is 298 Å². The van der Waals surface area contributed by atoms with Crippen molar-refractivity contribution >= 4 is 53.4 Å². The molecule has 13 heteroatoms. The molecule has 6 rings (SSSR count). The van der Waals surface area contributed by atoms with Gasteiger partial charge in [0.15, 0.2) is 0 Å². The average molecular weight is 732 g/mol. The van der Waals surface area contributed by atoms with Crippen molar-refractivity contribution in [3.8, 4) is 5.75 Å². The number of piperazine rings is 1. The molecule has 2 aliphatic heterocycles. The highest BCUT2D eigenvalue weighted by Crippen LogP contribution is 2.46. The van der Waals surface area contributed by atoms with Gasteiger partial charge in [-0.15, -0.1) is 12.4 Å². The molecule has 2 atom stereocenters. The number of ether oxygens (including phenoxy) is 1. The van der Waals surface area contributed by atoms with E-state index in [9.17, 15) is 22.8 Å². The highest BCUT2D eigenvalue weighted by atomic mass is 35.5. The second-order valence-electron chi connectivity index (χ2n) is 11.5. The number of benzene rings is 4. The molecule has 49 heavy (non-hydrogen) atoms. The Hall–Kier alpha value is -4.25. The minimum Gasteiger partial charge on any atom is -0.493 e. The molecule has 1 fully saturated rings. The third kappa shape index (κ3) is 7.82. The van der Waals surface area contributed by atoms with Gasteiger partial charge in [0.25, 0.3) is 0 Å². The van der Waals surface area contributed by atoms with Crippen LogP contribution in [0.15, 0.2) is 102 Å². The van der Waals surface area contributed by atoms with Gasteiger partial charge in [-0.25, -0.2) is 4.79 Å². The first-order chi connectivity index (χ1) is 23.0. The van der Waals surface area contributed by atoms with Gasteiger partial charge in [-0.3, -0.25) is 14.7 Å². The predicted molar refractivity (Wildman–Crippen MR) is 185 cm³/mol. The van der Waals surface area contributed by atoms with Crippen molar-refractivity contribution in [2.75, 3.05) is 26.2 Å². The van der Waals surface area contributed by atoms with Crippen LogP contribution in [0.5, 0.6) is 5.75 Å². The van der Waals surface area contributed by atoms with E-state index in [0.29, 0.717) is 28.7 Å². The molecule has 256 valence electrons. The van der Waals surface area contributed by atoms with Crippen molar-refractivity contribution < 1.29 is 27.5 Å². The van der Waals surface area contributed by atoms with Gasteiger partial charge in [-0.1, -0.05) is 77.8 Å². The lowest BCUT2D eigenvalue weighted by Crippen LogP contribution is -2.56. The van der Waals surface area contributed by atoms with Crippen LogP contribution in [-0.4, -0.2) is 58.7 Å². The summed E-state index contributed by atoms with van der Waals surface area (Å²) in [4.78, 5) is 37.7. The van der Waals surface area contributed by atoms with E-state index in [2.05, 4.69) is 0 Å². The van der Waals surface area contributed by atoms with E-state index in [1.807, 2.05) is 30.3 Å². The first kappa shape index (κ1) is 36.0. The van der Waals surface area contributed by atoms with E-state index in [0.717, 1.165) is 23.3 Å². The van der Waals surface area contributed by atoms with Gasteiger partial charge in [-0.2, -0.15) is 13.2 Å². The maximum atomic E-state index is 14.7. The number of hydrogen-bond acceptors (Lipinski definition) is 4. The lowest BCUT2D eigenvalue weighted by Gasteiger charge is -2.38. The standard InChI is InChI=1S/C36H31Cl2F3N4O3.ClH/c1-2-48-30-20-26(36(39,40)41)12-17-29(30)34-42-32(24-8-13-27(37)14-9-24)33(25-10-15-28(38)16-11-25)45(34)35(47)44-19-18-43(31(46)22-44)21-23-6-4-3-5-7-23;/h3-17,20,32-33H,2,18-19,21-22H2,1H3;1H. The van der Waals surface area contributed by atoms with E-state index >= 15 is 0 Å². The molecule has 4 aromatic carbocycles. The Morgan fingerprint density at radius 3 is 2.12 bits per heavy atom. The summed E-state index contributed by atoms with van der Waals surface area (Å²) in [6.45, 7) is 2.51. The number of alkyl halides is 3. The largest absolute Gasteiger partial charge is 0.493 e. The molecule has 0 aliphatic carbocycles. The fraction of sp³-hybridized carbons (Fsp3) is 0.250. The topological polar surface area (TPSA) is 65.5 Å². The molecule has 0 saturated carbocycles. The van der Waals surface area contributed by atoms with Crippen LogP contribution in [-0.2, 0) is 17.5 Å². The van der Waals surface area contributed by atoms with E-state index in [-0.39, 0.29) is 55.2 Å². The van der Waals surface area contributed by atoms with Crippen molar-refractivity contribution in [2.45, 2.75) is 31.7 Å². The maximum Gasteiger partial charge on any atom is 0.416 e. The van der Waals surface area contributed by atoms with Crippen molar-refractivity contribution in [3.63, 3.8) is 0 Å². The molecule has 0 N–H and O–H groups in total. The molecule has 2 aliphatic rings. The number of amidine groups is 1. The number of hydrogen-bond donors (Lipinski definition) is 0. The second-order valence-corrected chi connectivity index (χ2v) is 12.3. The number of amides is 3. The van der Waals surface area contributed by atoms with E-state index in [1.54, 1.807) is 60.4 Å². The first-order valence-corrected chi connectivity index (χ1v) is 16.1. The first-order valence-electron chi connectivity index (χ1n) is 15.4. The number of halogens is 6. The van der Waals surface area contributed by atoms with Crippen LogP contribution < -0.4 is 4.74 Å². The summed E-state index contributed by atoms with van der Waals surface area (Å²) in [7, 11) is 0. The van der Waals surface area contributed by atoms with Gasteiger partial charge in [0.1, 0.15) is 24.2 Å². The zero-order chi connectivity index (χ0) is 34.0. The summed E-state index contributed by atoms with van der Waals surface area (Å²) in [5.74, 6) is -0.173. The highest BCUT2D eigenvalue weighted by Gasteiger charge is 2.46. The predicted octanol–water partition coefficient (Wildman–Crippen LogP) is 8.84. The Kier molecular flexibility index (Phi) is 11.1. The Morgan fingerprint density at radius 1 is 0.898 bits per heavy atom. The molecule has 2 heterocycles. The van der Waals surface area contributed by atoms with E-state index in [1.165, 1.54) is 15.9 Å². The monoisotopic (exact) mass is 730 g/mol. The summed E-state index contributed by atoms with van der Waals surface area (Å²) < 4.78 is 47.1. The van der Waals surface area contributed by atoms with Crippen molar-refractivity contribution in [3.05, 3.63) is 135 Å². The summed E-state index contributed by atoms with van der Waals surface area (Å²) in [5.41, 5.74) is 1.70. The minimum absolute atomic E-state index is 0. The maximum absolute atomic E-state index is 14.7. The molecule has 0 aromatic heterocycles. The summed E-state index contributed by atoms with van der Waals surface area (Å²) in [5, 5.41) is 0.991. The van der Waals surface area contributed by atoms with E-state index in [4.69, 9.17) is 32.9 Å². The quantitative estimate of drug-likeness (QED) is 0.191. The van der Waals surface area contributed by atoms with Gasteiger partial charge in [0, 0.05) is 29.7 Å². The van der Waals surface area contributed by atoms with Crippen molar-refractivity contribution in [2.24, 2.45) is 4.99 Å². The Balaban J connectivity index is 0.00000468. The normalized spacial score (nSPS) is 17.9. The van der Waals surface area contributed by atoms with Gasteiger partial charge < -0.3 is 14.5 Å². The summed E-state index contributed by atoms with van der Waals surface area (Å²) >= 11 is 12.5. The smallest absolute Gasteiger partial charge is 0.416 e. The minimum atomic E-state index is -4.62. The van der Waals surface area contributed by atoms with Crippen LogP contribution in [0, 0.1) is 0 Å².